The van der Waals surface area contributed by atoms with Gasteiger partial charge in [0.15, 0.2) is 0 Å². The maximum Gasteiger partial charge on any atom is 0.0863 e. The van der Waals surface area contributed by atoms with Crippen LogP contribution < -0.4 is 5.32 Å². The molecular formula is C15H27Cl2N3. The Labute approximate surface area is 133 Å². The summed E-state index contributed by atoms with van der Waals surface area (Å²) < 4.78 is 1.99. The van der Waals surface area contributed by atoms with Gasteiger partial charge in [-0.1, -0.05) is 32.4 Å². The van der Waals surface area contributed by atoms with Crippen LogP contribution in [0.2, 0.25) is 5.02 Å². The van der Waals surface area contributed by atoms with E-state index in [-0.39, 0.29) is 5.41 Å². The summed E-state index contributed by atoms with van der Waals surface area (Å²) in [6.45, 7) is 11.1. The Balaban J connectivity index is 2.72. The van der Waals surface area contributed by atoms with Gasteiger partial charge < -0.3 is 5.32 Å². The average molecular weight is 320 g/mol. The van der Waals surface area contributed by atoms with Crippen LogP contribution in [0.3, 0.4) is 0 Å². The van der Waals surface area contributed by atoms with E-state index in [1.165, 1.54) is 0 Å². The molecule has 0 radical (unpaired) electrons. The molecule has 1 aromatic rings. The predicted molar refractivity (Wildman–Crippen MR) is 87.7 cm³/mol. The van der Waals surface area contributed by atoms with Crippen LogP contribution >= 0.6 is 23.2 Å². The van der Waals surface area contributed by atoms with Gasteiger partial charge in [-0.2, -0.15) is 5.10 Å². The normalized spacial score (nSPS) is 12.1. The van der Waals surface area contributed by atoms with Crippen LogP contribution in [0.15, 0.2) is 0 Å². The van der Waals surface area contributed by atoms with E-state index in [2.05, 4.69) is 38.1 Å². The molecule has 20 heavy (non-hydrogen) atoms. The smallest absolute Gasteiger partial charge is 0.0863 e. The first-order chi connectivity index (χ1) is 9.57. The van der Waals surface area contributed by atoms with Crippen molar-refractivity contribution >= 4 is 23.2 Å². The van der Waals surface area contributed by atoms with Crippen LogP contribution in [-0.2, 0) is 19.5 Å². The molecule has 116 valence electrons. The Morgan fingerprint density at radius 2 is 1.85 bits per heavy atom. The third kappa shape index (κ3) is 3.90. The zero-order chi connectivity index (χ0) is 15.2. The van der Waals surface area contributed by atoms with Crippen LogP contribution in [0, 0.1) is 5.41 Å². The monoisotopic (exact) mass is 319 g/mol. The lowest BCUT2D eigenvalue weighted by molar-refractivity contribution is 0.285. The SMILES string of the molecule is CCc1nn(CC)c(CNCC(CC)(CC)CCl)c1Cl. The molecular weight excluding hydrogens is 293 g/mol. The van der Waals surface area contributed by atoms with Crippen molar-refractivity contribution in [1.29, 1.82) is 0 Å². The van der Waals surface area contributed by atoms with Crippen molar-refractivity contribution in [2.45, 2.75) is 60.0 Å². The third-order valence-corrected chi connectivity index (χ3v) is 5.27. The lowest BCUT2D eigenvalue weighted by Gasteiger charge is -2.29. The lowest BCUT2D eigenvalue weighted by Crippen LogP contribution is -2.35. The largest absolute Gasteiger partial charge is 0.311 e. The van der Waals surface area contributed by atoms with Gasteiger partial charge in [0.05, 0.1) is 16.4 Å². The minimum atomic E-state index is 0.179. The van der Waals surface area contributed by atoms with Crippen LogP contribution in [0.4, 0.5) is 0 Å². The molecule has 0 spiro atoms. The zero-order valence-corrected chi connectivity index (χ0v) is 14.6. The average Bonchev–Trinajstić information content (AvgIpc) is 2.80. The molecule has 0 amide bonds. The minimum absolute atomic E-state index is 0.179. The summed E-state index contributed by atoms with van der Waals surface area (Å²) in [7, 11) is 0. The van der Waals surface area contributed by atoms with E-state index >= 15 is 0 Å². The van der Waals surface area contributed by atoms with Gasteiger partial charge in [-0.25, -0.2) is 0 Å². The van der Waals surface area contributed by atoms with Crippen molar-refractivity contribution in [2.24, 2.45) is 5.41 Å². The van der Waals surface area contributed by atoms with Crippen molar-refractivity contribution in [1.82, 2.24) is 15.1 Å². The number of nitrogens with one attached hydrogen (secondary N) is 1. The summed E-state index contributed by atoms with van der Waals surface area (Å²) in [5, 5.41) is 8.87. The molecule has 5 heteroatoms. The Hall–Kier alpha value is -0.250. The molecule has 0 aliphatic rings. The van der Waals surface area contributed by atoms with E-state index in [0.717, 1.165) is 55.3 Å². The Bertz CT molecular complexity index is 403. The summed E-state index contributed by atoms with van der Waals surface area (Å²) in [5.41, 5.74) is 2.25. The van der Waals surface area contributed by atoms with Crippen LogP contribution in [-0.4, -0.2) is 22.2 Å². The number of alkyl halides is 1. The second-order valence-electron chi connectivity index (χ2n) is 5.32. The molecule has 0 saturated carbocycles. The topological polar surface area (TPSA) is 29.9 Å². The van der Waals surface area contributed by atoms with Crippen molar-refractivity contribution in [2.75, 3.05) is 12.4 Å². The molecule has 1 rings (SSSR count). The molecule has 0 aliphatic carbocycles. The Kier molecular flexibility index (Phi) is 7.35. The van der Waals surface area contributed by atoms with Crippen LogP contribution in [0.25, 0.3) is 0 Å². The van der Waals surface area contributed by atoms with Crippen LogP contribution in [0.5, 0.6) is 0 Å². The maximum atomic E-state index is 6.41. The van der Waals surface area contributed by atoms with E-state index in [0.29, 0.717) is 5.88 Å². The fourth-order valence-electron chi connectivity index (χ4n) is 2.37. The number of aryl methyl sites for hydroxylation is 2. The number of aromatic nitrogens is 2. The Morgan fingerprint density at radius 3 is 2.30 bits per heavy atom. The minimum Gasteiger partial charge on any atom is -0.311 e. The van der Waals surface area contributed by atoms with Gasteiger partial charge in [0.1, 0.15) is 0 Å². The summed E-state index contributed by atoms with van der Waals surface area (Å²) in [5.74, 6) is 0.688. The van der Waals surface area contributed by atoms with Gasteiger partial charge in [0.2, 0.25) is 0 Å². The molecule has 0 aromatic carbocycles. The van der Waals surface area contributed by atoms with Gasteiger partial charge in [-0.3, -0.25) is 4.68 Å². The fourth-order valence-corrected chi connectivity index (χ4v) is 3.18. The van der Waals surface area contributed by atoms with E-state index in [4.69, 9.17) is 23.2 Å². The van der Waals surface area contributed by atoms with E-state index in [9.17, 15) is 0 Å². The van der Waals surface area contributed by atoms with E-state index in [1.807, 2.05) is 4.68 Å². The molecule has 0 fully saturated rings. The molecule has 0 atom stereocenters. The molecule has 0 aliphatic heterocycles. The van der Waals surface area contributed by atoms with Gasteiger partial charge in [0.25, 0.3) is 0 Å². The maximum absolute atomic E-state index is 6.41. The fraction of sp³-hybridized carbons (Fsp3) is 0.800. The highest BCUT2D eigenvalue weighted by atomic mass is 35.5. The van der Waals surface area contributed by atoms with Gasteiger partial charge in [-0.15, -0.1) is 11.6 Å². The summed E-state index contributed by atoms with van der Waals surface area (Å²) in [6, 6.07) is 0. The highest BCUT2D eigenvalue weighted by Crippen LogP contribution is 2.27. The standard InChI is InChI=1S/C15H27Cl2N3/c1-5-12-14(17)13(20(8-4)19-12)9-18-11-15(6-2,7-3)10-16/h18H,5-11H2,1-4H3. The molecule has 3 nitrogen and oxygen atoms in total. The highest BCUT2D eigenvalue weighted by Gasteiger charge is 2.25. The third-order valence-electron chi connectivity index (χ3n) is 4.27. The quantitative estimate of drug-likeness (QED) is 0.689. The highest BCUT2D eigenvalue weighted by molar-refractivity contribution is 6.31. The first-order valence-electron chi connectivity index (χ1n) is 7.58. The Morgan fingerprint density at radius 1 is 1.20 bits per heavy atom. The number of hydrogen-bond donors (Lipinski definition) is 1. The van der Waals surface area contributed by atoms with Gasteiger partial charge in [0, 0.05) is 25.5 Å². The lowest BCUT2D eigenvalue weighted by atomic mass is 9.84. The molecule has 0 bridgehead atoms. The van der Waals surface area contributed by atoms with Crippen molar-refractivity contribution in [3.8, 4) is 0 Å². The predicted octanol–water partition coefficient (Wildman–Crippen LogP) is 4.25. The molecule has 1 heterocycles. The number of hydrogen-bond acceptors (Lipinski definition) is 2. The molecule has 0 unspecified atom stereocenters. The molecule has 0 saturated heterocycles. The first kappa shape index (κ1) is 17.8. The number of halogens is 2. The first-order valence-corrected chi connectivity index (χ1v) is 8.49. The van der Waals surface area contributed by atoms with Crippen LogP contribution in [0.1, 0.15) is 51.9 Å². The van der Waals surface area contributed by atoms with Gasteiger partial charge >= 0.3 is 0 Å². The van der Waals surface area contributed by atoms with Crippen molar-refractivity contribution in [3.63, 3.8) is 0 Å². The summed E-state index contributed by atoms with van der Waals surface area (Å²) in [6.07, 6.45) is 3.04. The van der Waals surface area contributed by atoms with Crippen molar-refractivity contribution < 1.29 is 0 Å². The number of nitrogens with zero attached hydrogens (tertiary/aromatic N) is 2. The summed E-state index contributed by atoms with van der Waals surface area (Å²) in [4.78, 5) is 0. The number of rotatable bonds is 9. The summed E-state index contributed by atoms with van der Waals surface area (Å²) >= 11 is 12.5. The second-order valence-corrected chi connectivity index (χ2v) is 5.97. The van der Waals surface area contributed by atoms with Gasteiger partial charge in [-0.05, 0) is 31.6 Å². The van der Waals surface area contributed by atoms with E-state index < -0.39 is 0 Å². The molecule has 1 N–H and O–H groups in total. The molecule has 1 aromatic heterocycles. The van der Waals surface area contributed by atoms with Crippen molar-refractivity contribution in [3.05, 3.63) is 16.4 Å². The zero-order valence-electron chi connectivity index (χ0n) is 13.1. The second kappa shape index (κ2) is 8.26. The van der Waals surface area contributed by atoms with E-state index in [1.54, 1.807) is 0 Å².